The molecule has 1 heterocycles. The number of carbonyl (C=O) groups is 1. The molecular formula is C21H24O8. The Morgan fingerprint density at radius 1 is 0.897 bits per heavy atom. The molecule has 2 aromatic rings. The summed E-state index contributed by atoms with van der Waals surface area (Å²) in [6.07, 6.45) is -0.872. The normalized spacial score (nSPS) is 13.3. The molecule has 0 N–H and O–H groups in total. The van der Waals surface area contributed by atoms with E-state index in [1.54, 1.807) is 37.4 Å². The number of carbonyl (C=O) groups excluding carboxylic acids is 1. The van der Waals surface area contributed by atoms with Crippen LogP contribution in [0.4, 0.5) is 0 Å². The van der Waals surface area contributed by atoms with Gasteiger partial charge in [-0.2, -0.15) is 0 Å². The van der Waals surface area contributed by atoms with E-state index in [-0.39, 0.29) is 12.6 Å². The van der Waals surface area contributed by atoms with Gasteiger partial charge in [0.1, 0.15) is 11.7 Å². The lowest BCUT2D eigenvalue weighted by molar-refractivity contribution is -0.110. The summed E-state index contributed by atoms with van der Waals surface area (Å²) in [5.41, 5.74) is 0.969. The fourth-order valence-corrected chi connectivity index (χ4v) is 3.34. The third-order valence-corrected chi connectivity index (χ3v) is 4.74. The lowest BCUT2D eigenvalue weighted by atomic mass is 9.88. The third-order valence-electron chi connectivity index (χ3n) is 4.74. The summed E-state index contributed by atoms with van der Waals surface area (Å²) in [7, 11) is 7.52. The molecule has 0 radical (unpaired) electrons. The molecular weight excluding hydrogens is 380 g/mol. The largest absolute Gasteiger partial charge is 0.497 e. The van der Waals surface area contributed by atoms with Gasteiger partial charge in [-0.1, -0.05) is 0 Å². The molecule has 0 saturated carbocycles. The number of fused-ring (bicyclic) bond motifs is 1. The molecule has 1 aliphatic rings. The summed E-state index contributed by atoms with van der Waals surface area (Å²) in [4.78, 5) is 13.5. The van der Waals surface area contributed by atoms with Gasteiger partial charge in [0, 0.05) is 25.3 Å². The maximum Gasteiger partial charge on any atom is 0.231 e. The van der Waals surface area contributed by atoms with Crippen LogP contribution >= 0.6 is 0 Å². The number of Topliss-reactive ketones (excluding diaryl/α,β-unsaturated/α-hetero) is 1. The van der Waals surface area contributed by atoms with E-state index in [4.69, 9.17) is 33.2 Å². The van der Waals surface area contributed by atoms with E-state index in [0.717, 1.165) is 0 Å². The highest BCUT2D eigenvalue weighted by Gasteiger charge is 2.38. The molecule has 2 aromatic carbocycles. The fraction of sp³-hybridized carbons (Fsp3) is 0.381. The van der Waals surface area contributed by atoms with Crippen LogP contribution < -0.4 is 23.7 Å². The minimum absolute atomic E-state index is 0.0284. The zero-order chi connectivity index (χ0) is 21.0. The van der Waals surface area contributed by atoms with Gasteiger partial charge >= 0.3 is 0 Å². The summed E-state index contributed by atoms with van der Waals surface area (Å²) in [5, 5.41) is 0. The second-order valence-electron chi connectivity index (χ2n) is 6.18. The molecule has 3 rings (SSSR count). The van der Waals surface area contributed by atoms with Gasteiger partial charge in [0.2, 0.25) is 18.3 Å². The first-order valence-electron chi connectivity index (χ1n) is 8.87. The zero-order valence-corrected chi connectivity index (χ0v) is 17.0. The molecule has 1 atom stereocenters. The average Bonchev–Trinajstić information content (AvgIpc) is 3.25. The maximum atomic E-state index is 13.5. The molecule has 1 aliphatic heterocycles. The van der Waals surface area contributed by atoms with E-state index < -0.39 is 12.2 Å². The summed E-state index contributed by atoms with van der Waals surface area (Å²) >= 11 is 0. The number of ether oxygens (including phenoxy) is 7. The smallest absolute Gasteiger partial charge is 0.231 e. The van der Waals surface area contributed by atoms with Crippen molar-refractivity contribution in [2.24, 2.45) is 0 Å². The van der Waals surface area contributed by atoms with Crippen molar-refractivity contribution in [3.8, 4) is 28.7 Å². The van der Waals surface area contributed by atoms with Crippen LogP contribution in [0, 0.1) is 0 Å². The number of rotatable bonds is 9. The van der Waals surface area contributed by atoms with Crippen LogP contribution in [0.2, 0.25) is 0 Å². The monoisotopic (exact) mass is 404 g/mol. The quantitative estimate of drug-likeness (QED) is 0.466. The highest BCUT2D eigenvalue weighted by atomic mass is 16.7. The van der Waals surface area contributed by atoms with Gasteiger partial charge in [-0.3, -0.25) is 4.79 Å². The van der Waals surface area contributed by atoms with Gasteiger partial charge in [0.15, 0.2) is 23.6 Å². The maximum absolute atomic E-state index is 13.5. The van der Waals surface area contributed by atoms with Crippen LogP contribution in [0.15, 0.2) is 30.3 Å². The molecule has 156 valence electrons. The van der Waals surface area contributed by atoms with Gasteiger partial charge in [-0.05, 0) is 30.3 Å². The lowest BCUT2D eigenvalue weighted by Crippen LogP contribution is -2.30. The lowest BCUT2D eigenvalue weighted by Gasteiger charge is -2.26. The highest BCUT2D eigenvalue weighted by Crippen LogP contribution is 2.52. The fourth-order valence-electron chi connectivity index (χ4n) is 3.34. The predicted octanol–water partition coefficient (Wildman–Crippen LogP) is 3.03. The molecule has 29 heavy (non-hydrogen) atoms. The van der Waals surface area contributed by atoms with Gasteiger partial charge in [-0.25, -0.2) is 0 Å². The van der Waals surface area contributed by atoms with Gasteiger partial charge < -0.3 is 33.2 Å². The molecule has 0 spiro atoms. The van der Waals surface area contributed by atoms with E-state index in [1.165, 1.54) is 28.4 Å². The molecule has 8 heteroatoms. The summed E-state index contributed by atoms with van der Waals surface area (Å²) in [6.45, 7) is 0.0284. The Labute approximate surface area is 169 Å². The Bertz CT molecular complexity index is 858. The zero-order valence-electron chi connectivity index (χ0n) is 17.0. The minimum atomic E-state index is -0.872. The first-order valence-corrected chi connectivity index (χ1v) is 8.87. The average molecular weight is 404 g/mol. The molecule has 0 aromatic heterocycles. The number of ketones is 1. The first kappa shape index (κ1) is 20.8. The van der Waals surface area contributed by atoms with Crippen molar-refractivity contribution in [1.29, 1.82) is 0 Å². The van der Waals surface area contributed by atoms with Gasteiger partial charge in [0.25, 0.3) is 0 Å². The van der Waals surface area contributed by atoms with E-state index in [2.05, 4.69) is 0 Å². The second-order valence-corrected chi connectivity index (χ2v) is 6.18. The van der Waals surface area contributed by atoms with Crippen molar-refractivity contribution in [2.75, 3.05) is 42.3 Å². The second kappa shape index (κ2) is 9.02. The standard InChI is InChI=1S/C21H24O8/c1-23-13-8-6-12(7-9-13)17(22)16(21(26-4)27-5)14-10-15(24-2)19-20(18(14)25-3)29-11-28-19/h6-10,16,21H,11H2,1-5H3/t16-/m0/s1. The van der Waals surface area contributed by atoms with E-state index in [9.17, 15) is 4.79 Å². The van der Waals surface area contributed by atoms with Crippen molar-refractivity contribution in [3.05, 3.63) is 41.5 Å². The Kier molecular flexibility index (Phi) is 6.46. The number of hydrogen-bond acceptors (Lipinski definition) is 8. The van der Waals surface area contributed by atoms with Crippen molar-refractivity contribution < 1.29 is 38.0 Å². The Morgan fingerprint density at radius 3 is 2.10 bits per heavy atom. The number of methoxy groups -OCH3 is 5. The number of hydrogen-bond donors (Lipinski definition) is 0. The van der Waals surface area contributed by atoms with Crippen molar-refractivity contribution >= 4 is 5.78 Å². The third kappa shape index (κ3) is 3.81. The molecule has 0 unspecified atom stereocenters. The van der Waals surface area contributed by atoms with Crippen LogP contribution in [-0.2, 0) is 9.47 Å². The van der Waals surface area contributed by atoms with Crippen molar-refractivity contribution in [2.45, 2.75) is 12.2 Å². The Morgan fingerprint density at radius 2 is 1.55 bits per heavy atom. The topological polar surface area (TPSA) is 81.7 Å². The van der Waals surface area contributed by atoms with Crippen LogP contribution in [0.3, 0.4) is 0 Å². The molecule has 0 bridgehead atoms. The van der Waals surface area contributed by atoms with E-state index >= 15 is 0 Å². The minimum Gasteiger partial charge on any atom is -0.497 e. The van der Waals surface area contributed by atoms with Crippen molar-refractivity contribution in [3.63, 3.8) is 0 Å². The molecule has 0 saturated heterocycles. The van der Waals surface area contributed by atoms with Gasteiger partial charge in [-0.15, -0.1) is 0 Å². The van der Waals surface area contributed by atoms with Crippen LogP contribution in [0.25, 0.3) is 0 Å². The summed E-state index contributed by atoms with van der Waals surface area (Å²) < 4.78 is 38.2. The van der Waals surface area contributed by atoms with Crippen LogP contribution in [0.1, 0.15) is 21.8 Å². The molecule has 0 amide bonds. The van der Waals surface area contributed by atoms with Crippen LogP contribution in [-0.4, -0.2) is 54.4 Å². The molecule has 0 fully saturated rings. The number of benzene rings is 2. The SMILES string of the molecule is COc1ccc(C(=O)[C@H](c2cc(OC)c3c(c2OC)OCO3)C(OC)OC)cc1. The molecule has 8 nitrogen and oxygen atoms in total. The first-order chi connectivity index (χ1) is 14.1. The van der Waals surface area contributed by atoms with Crippen molar-refractivity contribution in [1.82, 2.24) is 0 Å². The predicted molar refractivity (Wildman–Crippen MR) is 104 cm³/mol. The van der Waals surface area contributed by atoms with E-state index in [1.807, 2.05) is 0 Å². The highest BCUT2D eigenvalue weighted by molar-refractivity contribution is 6.02. The molecule has 0 aliphatic carbocycles. The van der Waals surface area contributed by atoms with Crippen LogP contribution in [0.5, 0.6) is 28.7 Å². The Balaban J connectivity index is 2.15. The van der Waals surface area contributed by atoms with Gasteiger partial charge in [0.05, 0.1) is 21.3 Å². The summed E-state index contributed by atoms with van der Waals surface area (Å²) in [5.74, 6) is 1.17. The van der Waals surface area contributed by atoms with E-state index in [0.29, 0.717) is 39.9 Å². The Hall–Kier alpha value is -2.97. The summed E-state index contributed by atoms with van der Waals surface area (Å²) in [6, 6.07) is 8.50.